The molecule has 3 aliphatic carbocycles. The van der Waals surface area contributed by atoms with Gasteiger partial charge in [-0.25, -0.2) is 0 Å². The molecule has 0 heterocycles. The van der Waals surface area contributed by atoms with Crippen LogP contribution in [0.3, 0.4) is 0 Å². The van der Waals surface area contributed by atoms with E-state index in [9.17, 15) is 13.5 Å². The van der Waals surface area contributed by atoms with Crippen LogP contribution in [-0.4, -0.2) is 31.5 Å². The molecule has 0 aromatic carbocycles. The Morgan fingerprint density at radius 3 is 2.45 bits per heavy atom. The Morgan fingerprint density at radius 2 is 1.85 bits per heavy atom. The Morgan fingerprint density at radius 1 is 1.20 bits per heavy atom. The zero-order valence-electron chi connectivity index (χ0n) is 12.8. The predicted octanol–water partition coefficient (Wildman–Crippen LogP) is 2.32. The van der Waals surface area contributed by atoms with E-state index in [4.69, 9.17) is 4.18 Å². The fourth-order valence-electron chi connectivity index (χ4n) is 5.76. The van der Waals surface area contributed by atoms with Crippen molar-refractivity contribution in [3.05, 3.63) is 0 Å². The van der Waals surface area contributed by atoms with Gasteiger partial charge in [0.15, 0.2) is 0 Å². The van der Waals surface area contributed by atoms with Crippen molar-refractivity contribution in [2.75, 3.05) is 6.26 Å². The number of aliphatic hydroxyl groups is 1. The lowest BCUT2D eigenvalue weighted by Crippen LogP contribution is -2.67. The minimum atomic E-state index is -3.55. The van der Waals surface area contributed by atoms with Gasteiger partial charge < -0.3 is 5.11 Å². The van der Waals surface area contributed by atoms with Gasteiger partial charge in [0.05, 0.1) is 6.26 Å². The highest BCUT2D eigenvalue weighted by Crippen LogP contribution is 2.74. The first-order chi connectivity index (χ1) is 9.05. The predicted molar refractivity (Wildman–Crippen MR) is 76.6 cm³/mol. The maximum atomic E-state index is 11.6. The van der Waals surface area contributed by atoms with E-state index >= 15 is 0 Å². The van der Waals surface area contributed by atoms with Crippen LogP contribution in [0.25, 0.3) is 0 Å². The van der Waals surface area contributed by atoms with Gasteiger partial charge in [0.25, 0.3) is 10.1 Å². The van der Waals surface area contributed by atoms with E-state index in [1.807, 2.05) is 0 Å². The van der Waals surface area contributed by atoms with Crippen molar-refractivity contribution < 1.29 is 17.7 Å². The van der Waals surface area contributed by atoms with Crippen LogP contribution in [0.15, 0.2) is 0 Å². The minimum absolute atomic E-state index is 0.158. The summed E-state index contributed by atoms with van der Waals surface area (Å²) in [6.45, 7) is 6.40. The molecular weight excluding hydrogens is 276 g/mol. The Kier molecular flexibility index (Phi) is 2.95. The first kappa shape index (κ1) is 14.8. The molecular formula is C15H26O4S. The van der Waals surface area contributed by atoms with Crippen LogP contribution < -0.4 is 0 Å². The van der Waals surface area contributed by atoms with Crippen LogP contribution in [-0.2, 0) is 14.3 Å². The number of fused-ring (bicyclic) bond motifs is 1. The number of rotatable bonds is 2. The van der Waals surface area contributed by atoms with E-state index in [1.165, 1.54) is 0 Å². The quantitative estimate of drug-likeness (QED) is 0.795. The van der Waals surface area contributed by atoms with E-state index in [1.54, 1.807) is 0 Å². The molecule has 5 heteroatoms. The Bertz CT molecular complexity index is 526. The van der Waals surface area contributed by atoms with Crippen molar-refractivity contribution in [1.29, 1.82) is 0 Å². The SMILES string of the molecule is C[C@@H]1CC[C@@H](OS(C)(=O)=O)[C@]2(O)C(C)(C)[C@H]3CC[C@@]12C3. The van der Waals surface area contributed by atoms with Crippen molar-refractivity contribution in [3.63, 3.8) is 0 Å². The van der Waals surface area contributed by atoms with E-state index in [-0.39, 0.29) is 10.8 Å². The van der Waals surface area contributed by atoms with E-state index in [0.29, 0.717) is 18.3 Å². The summed E-state index contributed by atoms with van der Waals surface area (Å²) in [5.41, 5.74) is -1.46. The molecule has 0 aliphatic heterocycles. The highest BCUT2D eigenvalue weighted by molar-refractivity contribution is 7.86. The van der Waals surface area contributed by atoms with Gasteiger partial charge in [0.2, 0.25) is 0 Å². The molecule has 3 aliphatic rings. The molecule has 0 amide bonds. The Balaban J connectivity index is 2.09. The lowest BCUT2D eigenvalue weighted by molar-refractivity contribution is -0.234. The standard InChI is InChI=1S/C15H26O4S/c1-10-5-6-12(19-20(4,17)18)15(16)13(2,3)11-7-8-14(10,15)9-11/h10-12,16H,5-9H2,1-4H3/t10-,11+,12-,14-,15+/m1/s1. The maximum absolute atomic E-state index is 11.6. The summed E-state index contributed by atoms with van der Waals surface area (Å²) >= 11 is 0. The lowest BCUT2D eigenvalue weighted by atomic mass is 9.50. The van der Waals surface area contributed by atoms with Crippen molar-refractivity contribution >= 4 is 10.1 Å². The van der Waals surface area contributed by atoms with Gasteiger partial charge in [0.1, 0.15) is 11.7 Å². The fraction of sp³-hybridized carbons (Fsp3) is 1.00. The monoisotopic (exact) mass is 302 g/mol. The molecule has 116 valence electrons. The molecule has 3 fully saturated rings. The van der Waals surface area contributed by atoms with Crippen LogP contribution in [0.4, 0.5) is 0 Å². The molecule has 1 spiro atoms. The zero-order valence-corrected chi connectivity index (χ0v) is 13.7. The van der Waals surface area contributed by atoms with Crippen LogP contribution in [0.5, 0.6) is 0 Å². The maximum Gasteiger partial charge on any atom is 0.264 e. The van der Waals surface area contributed by atoms with Gasteiger partial charge in [-0.3, -0.25) is 4.18 Å². The summed E-state index contributed by atoms with van der Waals surface area (Å²) < 4.78 is 28.5. The second kappa shape index (κ2) is 3.99. The summed E-state index contributed by atoms with van der Waals surface area (Å²) in [6, 6.07) is 0. The Hall–Kier alpha value is -0.130. The second-order valence-corrected chi connectivity index (χ2v) is 9.45. The fourth-order valence-corrected chi connectivity index (χ4v) is 6.42. The van der Waals surface area contributed by atoms with Crippen LogP contribution in [0, 0.1) is 22.7 Å². The molecule has 5 atom stereocenters. The van der Waals surface area contributed by atoms with Crippen molar-refractivity contribution in [2.24, 2.45) is 22.7 Å². The summed E-state index contributed by atoms with van der Waals surface area (Å²) in [6.07, 6.45) is 5.22. The summed E-state index contributed by atoms with van der Waals surface area (Å²) in [7, 11) is -3.55. The molecule has 0 unspecified atom stereocenters. The average molecular weight is 302 g/mol. The van der Waals surface area contributed by atoms with Crippen LogP contribution in [0.1, 0.15) is 52.9 Å². The van der Waals surface area contributed by atoms with Crippen LogP contribution in [0.2, 0.25) is 0 Å². The van der Waals surface area contributed by atoms with Crippen molar-refractivity contribution in [2.45, 2.75) is 64.6 Å². The normalized spacial score (nSPS) is 50.1. The molecule has 0 aromatic rings. The van der Waals surface area contributed by atoms with Gasteiger partial charge in [-0.1, -0.05) is 20.8 Å². The highest BCUT2D eigenvalue weighted by atomic mass is 32.2. The Labute approximate surface area is 122 Å². The van der Waals surface area contributed by atoms with E-state index < -0.39 is 21.8 Å². The summed E-state index contributed by atoms with van der Waals surface area (Å²) in [5.74, 6) is 0.900. The molecule has 3 rings (SSSR count). The third-order valence-electron chi connectivity index (χ3n) is 6.87. The third-order valence-corrected chi connectivity index (χ3v) is 7.46. The van der Waals surface area contributed by atoms with Gasteiger partial charge >= 0.3 is 0 Å². The van der Waals surface area contributed by atoms with Crippen LogP contribution >= 0.6 is 0 Å². The number of hydrogen-bond donors (Lipinski definition) is 1. The second-order valence-electron chi connectivity index (χ2n) is 7.85. The van der Waals surface area contributed by atoms with Crippen molar-refractivity contribution in [1.82, 2.24) is 0 Å². The van der Waals surface area contributed by atoms with E-state index in [0.717, 1.165) is 31.9 Å². The first-order valence-corrected chi connectivity index (χ1v) is 9.47. The summed E-state index contributed by atoms with van der Waals surface area (Å²) in [4.78, 5) is 0. The van der Waals surface area contributed by atoms with E-state index in [2.05, 4.69) is 20.8 Å². The molecule has 20 heavy (non-hydrogen) atoms. The lowest BCUT2D eigenvalue weighted by Gasteiger charge is -2.59. The smallest absolute Gasteiger partial charge is 0.264 e. The highest BCUT2D eigenvalue weighted by Gasteiger charge is 2.76. The average Bonchev–Trinajstić information content (AvgIpc) is 2.81. The molecule has 0 radical (unpaired) electrons. The molecule has 2 bridgehead atoms. The van der Waals surface area contributed by atoms with Gasteiger partial charge in [-0.2, -0.15) is 8.42 Å². The molecule has 0 aromatic heterocycles. The largest absolute Gasteiger partial charge is 0.386 e. The van der Waals surface area contributed by atoms with Crippen molar-refractivity contribution in [3.8, 4) is 0 Å². The summed E-state index contributed by atoms with van der Waals surface area (Å²) in [5, 5.41) is 11.6. The molecule has 3 saturated carbocycles. The minimum Gasteiger partial charge on any atom is -0.386 e. The number of hydrogen-bond acceptors (Lipinski definition) is 4. The van der Waals surface area contributed by atoms with Gasteiger partial charge in [-0.15, -0.1) is 0 Å². The van der Waals surface area contributed by atoms with Gasteiger partial charge in [0, 0.05) is 5.41 Å². The molecule has 0 saturated heterocycles. The molecule has 1 N–H and O–H groups in total. The molecule has 4 nitrogen and oxygen atoms in total. The zero-order chi connectivity index (χ0) is 15.0. The van der Waals surface area contributed by atoms with Gasteiger partial charge in [-0.05, 0) is 49.4 Å². The topological polar surface area (TPSA) is 63.6 Å². The third kappa shape index (κ3) is 1.57. The first-order valence-electron chi connectivity index (χ1n) is 7.65.